The second-order valence-electron chi connectivity index (χ2n) is 5.77. The fourth-order valence-electron chi connectivity index (χ4n) is 2.08. The van der Waals surface area contributed by atoms with Crippen molar-refractivity contribution in [2.75, 3.05) is 38.8 Å². The third-order valence-corrected chi connectivity index (χ3v) is 3.11. The number of rotatable bonds is 9. The van der Waals surface area contributed by atoms with Crippen LogP contribution in [0.5, 0.6) is 0 Å². The maximum Gasteiger partial charge on any atom is 0.128 e. The normalized spacial score (nSPS) is 11.1. The van der Waals surface area contributed by atoms with E-state index in [0.717, 1.165) is 44.2 Å². The molecule has 114 valence electrons. The molecule has 0 saturated carbocycles. The molecule has 1 N–H and O–H groups in total. The molecule has 0 spiro atoms. The third kappa shape index (κ3) is 6.35. The van der Waals surface area contributed by atoms with E-state index in [1.807, 2.05) is 0 Å². The number of hydrogen-bond acceptors (Lipinski definition) is 4. The molecule has 0 unspecified atom stereocenters. The van der Waals surface area contributed by atoms with E-state index >= 15 is 0 Å². The lowest BCUT2D eigenvalue weighted by Gasteiger charge is -2.19. The zero-order valence-electron chi connectivity index (χ0n) is 13.6. The highest BCUT2D eigenvalue weighted by molar-refractivity contribution is 5.41. The summed E-state index contributed by atoms with van der Waals surface area (Å²) < 4.78 is 5.09. The summed E-state index contributed by atoms with van der Waals surface area (Å²) in [5.74, 6) is 1.72. The van der Waals surface area contributed by atoms with Gasteiger partial charge in [0.1, 0.15) is 5.82 Å². The molecule has 0 amide bonds. The molecule has 0 aromatic carbocycles. The van der Waals surface area contributed by atoms with E-state index in [1.54, 1.807) is 7.11 Å². The van der Waals surface area contributed by atoms with Crippen LogP contribution in [0, 0.1) is 12.8 Å². The molecule has 0 fully saturated rings. The molecule has 0 aliphatic carbocycles. The summed E-state index contributed by atoms with van der Waals surface area (Å²) >= 11 is 0. The highest BCUT2D eigenvalue weighted by Gasteiger charge is 2.05. The van der Waals surface area contributed by atoms with Crippen LogP contribution in [-0.4, -0.2) is 38.8 Å². The van der Waals surface area contributed by atoms with E-state index in [9.17, 15) is 0 Å². The van der Waals surface area contributed by atoms with E-state index in [4.69, 9.17) is 4.74 Å². The number of aryl methyl sites for hydroxylation is 1. The van der Waals surface area contributed by atoms with Gasteiger partial charge >= 0.3 is 0 Å². The first-order chi connectivity index (χ1) is 9.52. The van der Waals surface area contributed by atoms with Crippen molar-refractivity contribution in [1.29, 1.82) is 0 Å². The largest absolute Gasteiger partial charge is 0.385 e. The standard InChI is InChI=1S/C16H29N3O/c1-13(2)11-17-12-15-9-14(3)18-16(10-15)19(4)7-6-8-20-5/h9-10,13,17H,6-8,11-12H2,1-5H3. The smallest absolute Gasteiger partial charge is 0.128 e. The molecule has 1 heterocycles. The Morgan fingerprint density at radius 3 is 2.75 bits per heavy atom. The lowest BCUT2D eigenvalue weighted by molar-refractivity contribution is 0.196. The van der Waals surface area contributed by atoms with Gasteiger partial charge in [-0.3, -0.25) is 0 Å². The Morgan fingerprint density at radius 2 is 2.10 bits per heavy atom. The van der Waals surface area contributed by atoms with Crippen molar-refractivity contribution in [3.8, 4) is 0 Å². The number of pyridine rings is 1. The predicted octanol–water partition coefficient (Wildman–Crippen LogP) is 2.61. The fraction of sp³-hybridized carbons (Fsp3) is 0.688. The SMILES string of the molecule is COCCCN(C)c1cc(CNCC(C)C)cc(C)n1. The zero-order chi connectivity index (χ0) is 15.0. The molecule has 1 aromatic rings. The molecule has 20 heavy (non-hydrogen) atoms. The Kier molecular flexibility index (Phi) is 7.55. The van der Waals surface area contributed by atoms with Crippen molar-refractivity contribution < 1.29 is 4.74 Å². The van der Waals surface area contributed by atoms with Gasteiger partial charge in [0, 0.05) is 39.5 Å². The second-order valence-corrected chi connectivity index (χ2v) is 5.77. The average molecular weight is 279 g/mol. The Balaban J connectivity index is 2.60. The van der Waals surface area contributed by atoms with Gasteiger partial charge in [-0.1, -0.05) is 13.8 Å². The zero-order valence-corrected chi connectivity index (χ0v) is 13.6. The minimum atomic E-state index is 0.675. The minimum Gasteiger partial charge on any atom is -0.385 e. The summed E-state index contributed by atoms with van der Waals surface area (Å²) in [6.45, 7) is 10.2. The number of ether oxygens (including phenoxy) is 1. The molecule has 1 aromatic heterocycles. The molecule has 0 bridgehead atoms. The van der Waals surface area contributed by atoms with Gasteiger partial charge in [-0.25, -0.2) is 4.98 Å². The highest BCUT2D eigenvalue weighted by Crippen LogP contribution is 2.14. The van der Waals surface area contributed by atoms with Crippen LogP contribution >= 0.6 is 0 Å². The summed E-state index contributed by atoms with van der Waals surface area (Å²) in [6, 6.07) is 4.33. The van der Waals surface area contributed by atoms with E-state index in [1.165, 1.54) is 5.56 Å². The molecule has 0 radical (unpaired) electrons. The highest BCUT2D eigenvalue weighted by atomic mass is 16.5. The Labute approximate surface area is 123 Å². The van der Waals surface area contributed by atoms with Crippen molar-refractivity contribution in [3.05, 3.63) is 23.4 Å². The Hall–Kier alpha value is -1.13. The number of hydrogen-bond donors (Lipinski definition) is 1. The van der Waals surface area contributed by atoms with Gasteiger partial charge in [-0.15, -0.1) is 0 Å². The third-order valence-electron chi connectivity index (χ3n) is 3.11. The van der Waals surface area contributed by atoms with Crippen molar-refractivity contribution >= 4 is 5.82 Å². The van der Waals surface area contributed by atoms with E-state index in [2.05, 4.69) is 55.2 Å². The number of nitrogens with zero attached hydrogens (tertiary/aromatic N) is 2. The monoisotopic (exact) mass is 279 g/mol. The average Bonchev–Trinajstić information content (AvgIpc) is 2.37. The number of nitrogens with one attached hydrogen (secondary N) is 1. The summed E-state index contributed by atoms with van der Waals surface area (Å²) in [5, 5.41) is 3.48. The van der Waals surface area contributed by atoms with Gasteiger partial charge in [0.2, 0.25) is 0 Å². The predicted molar refractivity (Wildman–Crippen MR) is 85.3 cm³/mol. The molecule has 1 rings (SSSR count). The molecule has 0 aliphatic heterocycles. The number of methoxy groups -OCH3 is 1. The maximum atomic E-state index is 5.09. The Bertz CT molecular complexity index is 393. The van der Waals surface area contributed by atoms with Crippen molar-refractivity contribution in [2.24, 2.45) is 5.92 Å². The van der Waals surface area contributed by atoms with Gasteiger partial charge in [-0.05, 0) is 43.5 Å². The lowest BCUT2D eigenvalue weighted by Crippen LogP contribution is -2.22. The fourth-order valence-corrected chi connectivity index (χ4v) is 2.08. The summed E-state index contributed by atoms with van der Waals surface area (Å²) in [5.41, 5.74) is 2.37. The molecule has 4 heteroatoms. The van der Waals surface area contributed by atoms with Crippen molar-refractivity contribution in [3.63, 3.8) is 0 Å². The quantitative estimate of drug-likeness (QED) is 0.705. The summed E-state index contributed by atoms with van der Waals surface area (Å²) in [4.78, 5) is 6.81. The van der Waals surface area contributed by atoms with Crippen LogP contribution in [0.25, 0.3) is 0 Å². The van der Waals surface area contributed by atoms with Crippen LogP contribution in [0.4, 0.5) is 5.82 Å². The molecule has 0 atom stereocenters. The van der Waals surface area contributed by atoms with Gasteiger partial charge in [0.05, 0.1) is 0 Å². The number of aromatic nitrogens is 1. The first-order valence-corrected chi connectivity index (χ1v) is 7.41. The van der Waals surface area contributed by atoms with Crippen LogP contribution < -0.4 is 10.2 Å². The van der Waals surface area contributed by atoms with Crippen molar-refractivity contribution in [1.82, 2.24) is 10.3 Å². The van der Waals surface area contributed by atoms with Crippen LogP contribution in [0.15, 0.2) is 12.1 Å². The lowest BCUT2D eigenvalue weighted by atomic mass is 10.2. The molecule has 4 nitrogen and oxygen atoms in total. The van der Waals surface area contributed by atoms with Crippen LogP contribution in [0.1, 0.15) is 31.5 Å². The van der Waals surface area contributed by atoms with Crippen LogP contribution in [-0.2, 0) is 11.3 Å². The maximum absolute atomic E-state index is 5.09. The molecular formula is C16H29N3O. The van der Waals surface area contributed by atoms with Crippen LogP contribution in [0.3, 0.4) is 0 Å². The topological polar surface area (TPSA) is 37.4 Å². The molecular weight excluding hydrogens is 250 g/mol. The Morgan fingerprint density at radius 1 is 1.35 bits per heavy atom. The summed E-state index contributed by atoms with van der Waals surface area (Å²) in [7, 11) is 3.83. The first kappa shape index (κ1) is 16.9. The molecule has 0 saturated heterocycles. The van der Waals surface area contributed by atoms with E-state index in [0.29, 0.717) is 5.92 Å². The van der Waals surface area contributed by atoms with Gasteiger partial charge in [-0.2, -0.15) is 0 Å². The molecule has 0 aliphatic rings. The number of anilines is 1. The van der Waals surface area contributed by atoms with Crippen LogP contribution in [0.2, 0.25) is 0 Å². The van der Waals surface area contributed by atoms with Crippen molar-refractivity contribution in [2.45, 2.75) is 33.7 Å². The van der Waals surface area contributed by atoms with Gasteiger partial charge in [0.15, 0.2) is 0 Å². The van der Waals surface area contributed by atoms with Gasteiger partial charge < -0.3 is 15.0 Å². The second kappa shape index (κ2) is 8.93. The van der Waals surface area contributed by atoms with Gasteiger partial charge in [0.25, 0.3) is 0 Å². The van der Waals surface area contributed by atoms with E-state index < -0.39 is 0 Å². The van der Waals surface area contributed by atoms with E-state index in [-0.39, 0.29) is 0 Å². The first-order valence-electron chi connectivity index (χ1n) is 7.41. The minimum absolute atomic E-state index is 0.675. The summed E-state index contributed by atoms with van der Waals surface area (Å²) in [6.07, 6.45) is 1.02.